The van der Waals surface area contributed by atoms with Crippen molar-refractivity contribution in [3.05, 3.63) is 277 Å². The van der Waals surface area contributed by atoms with Crippen LogP contribution in [-0.2, 0) is 9.31 Å². The Labute approximate surface area is 966 Å². The molecule has 0 radical (unpaired) electrons. The number of halogens is 8. The van der Waals surface area contributed by atoms with Gasteiger partial charge in [-0.3, -0.25) is 0 Å². The van der Waals surface area contributed by atoms with E-state index in [-0.39, 0.29) is 50.2 Å². The highest BCUT2D eigenvalue weighted by atomic mass is 79.9. The van der Waals surface area contributed by atoms with Gasteiger partial charge in [0.05, 0.1) is 65.4 Å². The highest BCUT2D eigenvalue weighted by Gasteiger charge is 2.52. The molecule has 0 saturated carbocycles. The third-order valence-electron chi connectivity index (χ3n) is 23.5. The fourth-order valence-corrected chi connectivity index (χ4v) is 36.5. The van der Waals surface area contributed by atoms with Gasteiger partial charge in [-0.15, -0.1) is 204 Å². The average Bonchev–Trinajstić information content (AvgIpc) is 1.35. The lowest BCUT2D eigenvalue weighted by atomic mass is 9.88. The van der Waals surface area contributed by atoms with Crippen molar-refractivity contribution >= 4 is 359 Å². The van der Waals surface area contributed by atoms with Crippen molar-refractivity contribution < 1.29 is 9.31 Å². The predicted molar refractivity (Wildman–Crippen MR) is 655 cm³/mol. The molecule has 14 nitrogen and oxygen atoms in total. The van der Waals surface area contributed by atoms with E-state index in [0.717, 1.165) is 104 Å². The van der Waals surface area contributed by atoms with Crippen LogP contribution in [0, 0.1) is 62.3 Å². The van der Waals surface area contributed by atoms with Crippen LogP contribution in [0.2, 0.25) is 20.9 Å². The van der Waals surface area contributed by atoms with Gasteiger partial charge in [-0.1, -0.05) is 29.3 Å². The number of thiophene rings is 18. The third-order valence-corrected chi connectivity index (χ3v) is 49.7. The fourth-order valence-electron chi connectivity index (χ4n) is 15.5. The average molecular weight is 2580 g/mol. The first-order valence-corrected chi connectivity index (χ1v) is 64.3. The number of aromatic nitrogens is 12. The number of rotatable bonds is 18. The Kier molecular flexibility index (Phi) is 30.3. The highest BCUT2D eigenvalue weighted by molar-refractivity contribution is 9.11. The lowest BCUT2D eigenvalue weighted by Crippen LogP contribution is -2.41. The molecule has 1 aliphatic rings. The van der Waals surface area contributed by atoms with E-state index >= 15 is 0 Å². The van der Waals surface area contributed by atoms with Crippen molar-refractivity contribution in [1.82, 2.24) is 59.8 Å². The van der Waals surface area contributed by atoms with Gasteiger partial charge in [-0.05, 0) is 412 Å². The summed E-state index contributed by atoms with van der Waals surface area (Å²) in [6.07, 6.45) is 0. The molecule has 1 saturated heterocycles. The molecule has 0 bridgehead atoms. The van der Waals surface area contributed by atoms with Gasteiger partial charge in [0.1, 0.15) is 55.9 Å². The lowest BCUT2D eigenvalue weighted by Gasteiger charge is -2.32. The minimum Gasteiger partial charge on any atom is -0.399 e. The maximum atomic E-state index is 6.10. The van der Waals surface area contributed by atoms with Crippen molar-refractivity contribution in [1.29, 1.82) is 0 Å². The number of hydrogen-bond donors (Lipinski definition) is 0. The van der Waals surface area contributed by atoms with Crippen LogP contribution in [0.15, 0.2) is 206 Å². The smallest absolute Gasteiger partial charge is 0.399 e. The summed E-state index contributed by atoms with van der Waals surface area (Å²) < 4.78 is 17.9. The normalized spacial score (nSPS) is 12.9. The molecule has 146 heavy (non-hydrogen) atoms. The summed E-state index contributed by atoms with van der Waals surface area (Å²) in [7, 11) is -0.250. The molecule has 0 aliphatic carbocycles. The van der Waals surface area contributed by atoms with Crippen LogP contribution in [0.5, 0.6) is 0 Å². The second-order valence-electron chi connectivity index (χ2n) is 35.1. The van der Waals surface area contributed by atoms with Crippen molar-refractivity contribution in [3.63, 3.8) is 0 Å². The van der Waals surface area contributed by atoms with Crippen molar-refractivity contribution in [2.45, 2.75) is 101 Å². The van der Waals surface area contributed by atoms with E-state index in [1.54, 1.807) is 204 Å². The third kappa shape index (κ3) is 21.6. The Bertz CT molecular complexity index is 8580. The molecule has 1 fully saturated rings. The summed E-state index contributed by atoms with van der Waals surface area (Å²) in [6.45, 7) is 27.6. The highest BCUT2D eigenvalue weighted by Crippen LogP contribution is 2.53. The van der Waals surface area contributed by atoms with Gasteiger partial charge in [0.2, 0.25) is 10.6 Å². The first-order valence-electron chi connectivity index (χ1n) is 44.6. The zero-order valence-corrected chi connectivity index (χ0v) is 103. The van der Waals surface area contributed by atoms with E-state index < -0.39 is 0 Å². The summed E-state index contributed by atoms with van der Waals surface area (Å²) >= 11 is 69.2. The first kappa shape index (κ1) is 103. The SMILES string of the molecule is Cc1cc(-c2ccc(-c3nc(-c4ccc(-c5cc(C)c(Br)s5)s4)c4nc(-c5ccc(-c6cc(C)c(Br)s6)s5)nc(-c5ccc(-c6cc(C)c(Br)s6)s5)c4n3)s2)sc1Br.Cc1csc(-c2ccc(-c3nc(-c4ccc(-c5cc(C)cs5)s4)c4nc(-c5ccc(-c6cc(C)cs6)s5)nc(-c5ccc(-c6cc(C)cs6)s5)c4n3)s2)c1.Cc1csc(-c2ccc(B3OC(C)(C)C(C)(C)O3)s2)c1.Clc1nc(Cl)c2nc(Cl)nc(Cl)c2n1. The topological polar surface area (TPSA) is 173 Å². The second-order valence-corrected chi connectivity index (χ2v) is 60.3. The van der Waals surface area contributed by atoms with Crippen LogP contribution < -0.4 is 4.78 Å². The minimum atomic E-state index is -0.276. The van der Waals surface area contributed by atoms with Crippen LogP contribution in [0.25, 0.3) is 206 Å². The zero-order valence-electron chi connectivity index (χ0n) is 78.6. The van der Waals surface area contributed by atoms with Gasteiger partial charge in [0.15, 0.2) is 33.6 Å². The van der Waals surface area contributed by atoms with E-state index in [4.69, 9.17) is 95.6 Å². The molecular weight excluding hydrogens is 2510 g/mol. The van der Waals surface area contributed by atoms with Gasteiger partial charge >= 0.3 is 7.12 Å². The van der Waals surface area contributed by atoms with E-state index in [9.17, 15) is 0 Å². The van der Waals surface area contributed by atoms with Crippen molar-refractivity contribution in [2.75, 3.05) is 0 Å². The summed E-state index contributed by atoms with van der Waals surface area (Å²) in [4.78, 5) is 88.5. The minimum absolute atomic E-state index is 0.0182. The maximum Gasteiger partial charge on any atom is 0.505 e. The van der Waals surface area contributed by atoms with Gasteiger partial charge < -0.3 is 9.31 Å². The van der Waals surface area contributed by atoms with E-state index in [1.807, 2.05) is 0 Å². The molecule has 0 amide bonds. The molecule has 0 unspecified atom stereocenters. The Morgan fingerprint density at radius 1 is 0.226 bits per heavy atom. The van der Waals surface area contributed by atoms with Crippen molar-refractivity contribution in [3.8, 4) is 173 Å². The van der Waals surface area contributed by atoms with Crippen LogP contribution in [0.4, 0.5) is 0 Å². The molecule has 24 aromatic rings. The molecule has 0 spiro atoms. The van der Waals surface area contributed by atoms with E-state index in [1.165, 1.54) is 138 Å². The number of fused-ring (bicyclic) bond motifs is 3. The van der Waals surface area contributed by atoms with Gasteiger partial charge in [-0.25, -0.2) is 59.8 Å². The van der Waals surface area contributed by atoms with E-state index in [2.05, 4.69) is 364 Å². The largest absolute Gasteiger partial charge is 0.505 e. The van der Waals surface area contributed by atoms with E-state index in [0.29, 0.717) is 23.3 Å². The fraction of sp³-hybridized carbons (Fsp3) is 0.143. The Morgan fingerprint density at radius 3 is 0.664 bits per heavy atom. The van der Waals surface area contributed by atoms with Gasteiger partial charge in [0.25, 0.3) is 0 Å². The summed E-state index contributed by atoms with van der Waals surface area (Å²) in [5.41, 5.74) is 17.6. The van der Waals surface area contributed by atoms with Crippen LogP contribution in [0.1, 0.15) is 77.8 Å². The van der Waals surface area contributed by atoms with Crippen molar-refractivity contribution in [2.24, 2.45) is 0 Å². The molecule has 41 heteroatoms. The molecular formula is C105H71BBr4Cl4N12O2S18. The predicted octanol–water partition coefficient (Wildman–Crippen LogP) is 41.1. The Balaban J connectivity index is 0.000000126. The number of nitrogens with zero attached hydrogens (tertiary/aromatic N) is 12. The van der Waals surface area contributed by atoms with Gasteiger partial charge in [0, 0.05) is 92.6 Å². The van der Waals surface area contributed by atoms with Crippen LogP contribution >= 0.6 is 314 Å². The standard InChI is InChI=1S/C42H24Br4N4S8.C42H28N4S8.C15H19BO2S2.C6Cl4N4/c1-17-13-29(55-37(17)43)21-5-9-25(51-21)33-35-36(50-41(47-33)27-11-7-23(53-27)31-15-19(3)39(45)57-31)34(26-10-6-22(52-26)30-14-18(2)38(44)56-30)48-42(49-35)28-12-8-24(54-28)32-16-20(4)40(46)58-32;1-21-13-33(47-17-21)25-5-9-29(51-25)37-39-40(46-41(43-37)31-11-7-27(53-31)35-15-23(3)19-49-35)38(30-10-6-26(52-30)34-14-22(2)18-48-34)44-42(45-39)32-12-8-28(54-32)36-16-24(4)20-50-36;1-10-8-12(19-9-10)11-6-7-13(20-11)16-17-14(2,3)15(4,5)18-16;7-3-1-2(12-6(10)13-3)4(8)14-5(9)11-1/h5-16H,1-4H3;5-20H,1-4H3;6-9H,1-5H3;. The lowest BCUT2D eigenvalue weighted by molar-refractivity contribution is 0.00578. The molecule has 730 valence electrons. The van der Waals surface area contributed by atoms with Crippen LogP contribution in [0.3, 0.4) is 0 Å². The monoisotopic (exact) mass is 2570 g/mol. The van der Waals surface area contributed by atoms with Crippen LogP contribution in [-0.4, -0.2) is 78.1 Å². The number of aryl methyl sites for hydroxylation is 9. The summed E-state index contributed by atoms with van der Waals surface area (Å²) in [6, 6.07) is 59.4. The zero-order chi connectivity index (χ0) is 101. The number of hydrogen-bond acceptors (Lipinski definition) is 32. The Morgan fingerprint density at radius 2 is 0.438 bits per heavy atom. The Hall–Kier alpha value is -7.08. The summed E-state index contributed by atoms with van der Waals surface area (Å²) in [5.74, 6) is 2.72. The first-order chi connectivity index (χ1) is 70.1. The molecule has 0 atom stereocenters. The second kappa shape index (κ2) is 42.8. The molecule has 25 rings (SSSR count). The molecule has 0 N–H and O–H groups in total. The molecule has 1 aliphatic heterocycles. The van der Waals surface area contributed by atoms with Gasteiger partial charge in [-0.2, -0.15) is 0 Å². The quantitative estimate of drug-likeness (QED) is 0.0451. The summed E-state index contributed by atoms with van der Waals surface area (Å²) in [5, 5.41) is 11.2. The molecule has 0 aromatic carbocycles. The molecule has 24 aromatic heterocycles. The molecule has 25 heterocycles. The maximum absolute atomic E-state index is 6.10.